The van der Waals surface area contributed by atoms with Crippen molar-refractivity contribution < 1.29 is 14.7 Å². The number of rotatable bonds is 1. The zero-order valence-corrected chi connectivity index (χ0v) is 8.45. The minimum Gasteiger partial charge on any atom is -0.481 e. The van der Waals surface area contributed by atoms with Crippen molar-refractivity contribution in [1.82, 2.24) is 0 Å². The van der Waals surface area contributed by atoms with Gasteiger partial charge < -0.3 is 5.11 Å². The van der Waals surface area contributed by atoms with E-state index in [0.29, 0.717) is 18.6 Å². The van der Waals surface area contributed by atoms with E-state index in [-0.39, 0.29) is 17.3 Å². The molecular weight excluding hydrogens is 180 g/mol. The maximum Gasteiger partial charge on any atom is 0.307 e. The molecule has 2 aliphatic rings. The molecule has 0 saturated heterocycles. The van der Waals surface area contributed by atoms with Crippen molar-refractivity contribution in [2.24, 2.45) is 17.3 Å². The van der Waals surface area contributed by atoms with Gasteiger partial charge in [-0.15, -0.1) is 0 Å². The van der Waals surface area contributed by atoms with Crippen LogP contribution in [-0.2, 0) is 9.59 Å². The van der Waals surface area contributed by atoms with Crippen molar-refractivity contribution >= 4 is 11.8 Å². The van der Waals surface area contributed by atoms with Crippen molar-refractivity contribution in [1.29, 1.82) is 0 Å². The second-order valence-electron chi connectivity index (χ2n) is 4.85. The molecular formula is C11H16O3. The molecule has 2 saturated carbocycles. The van der Waals surface area contributed by atoms with Gasteiger partial charge in [0.2, 0.25) is 0 Å². The lowest BCUT2D eigenvalue weighted by molar-refractivity contribution is -0.147. The topological polar surface area (TPSA) is 54.4 Å². The number of ketones is 1. The predicted octanol–water partition coefficient (Wildman–Crippen LogP) is 1.86. The zero-order valence-electron chi connectivity index (χ0n) is 8.45. The number of carboxylic acid groups (broad SMARTS) is 1. The fraction of sp³-hybridized carbons (Fsp3) is 0.818. The Hall–Kier alpha value is -0.860. The van der Waals surface area contributed by atoms with E-state index in [0.717, 1.165) is 19.3 Å². The van der Waals surface area contributed by atoms with Crippen LogP contribution in [0.4, 0.5) is 0 Å². The minimum atomic E-state index is -0.718. The number of carbonyl (C=O) groups is 2. The van der Waals surface area contributed by atoms with Gasteiger partial charge in [0.05, 0.1) is 5.92 Å². The third kappa shape index (κ3) is 1.18. The van der Waals surface area contributed by atoms with Gasteiger partial charge in [0.15, 0.2) is 0 Å². The van der Waals surface area contributed by atoms with E-state index in [1.165, 1.54) is 0 Å². The summed E-state index contributed by atoms with van der Waals surface area (Å²) in [5, 5.41) is 9.09. The molecule has 0 heterocycles. The van der Waals surface area contributed by atoms with Gasteiger partial charge in [0.25, 0.3) is 0 Å². The van der Waals surface area contributed by atoms with E-state index in [4.69, 9.17) is 5.11 Å². The zero-order chi connectivity index (χ0) is 10.3. The number of hydrogen-bond acceptors (Lipinski definition) is 2. The van der Waals surface area contributed by atoms with Crippen molar-refractivity contribution in [3.05, 3.63) is 0 Å². The highest BCUT2D eigenvalue weighted by Crippen LogP contribution is 2.54. The molecule has 0 aromatic heterocycles. The quantitative estimate of drug-likeness (QED) is 0.696. The standard InChI is InChI=1S/C11H16O3/c1-11-6-2-3-9(12)7(11)4-5-8(11)10(13)14/h7-8H,2-6H2,1H3,(H,13,14). The summed E-state index contributed by atoms with van der Waals surface area (Å²) in [4.78, 5) is 22.7. The van der Waals surface area contributed by atoms with E-state index in [1.807, 2.05) is 6.92 Å². The highest BCUT2D eigenvalue weighted by molar-refractivity contribution is 5.85. The number of hydrogen-bond donors (Lipinski definition) is 1. The van der Waals surface area contributed by atoms with Crippen LogP contribution in [0, 0.1) is 17.3 Å². The Kier molecular flexibility index (Phi) is 2.13. The van der Waals surface area contributed by atoms with Crippen LogP contribution in [0.5, 0.6) is 0 Å². The van der Waals surface area contributed by atoms with E-state index >= 15 is 0 Å². The Labute approximate surface area is 83.5 Å². The average molecular weight is 196 g/mol. The molecule has 0 aromatic rings. The first kappa shape index (κ1) is 9.69. The Bertz CT molecular complexity index is 276. The van der Waals surface area contributed by atoms with Crippen LogP contribution in [0.1, 0.15) is 39.0 Å². The van der Waals surface area contributed by atoms with Crippen molar-refractivity contribution in [2.75, 3.05) is 0 Å². The second kappa shape index (κ2) is 3.07. The van der Waals surface area contributed by atoms with Gasteiger partial charge in [0, 0.05) is 12.3 Å². The summed E-state index contributed by atoms with van der Waals surface area (Å²) in [6.07, 6.45) is 3.90. The van der Waals surface area contributed by atoms with Crippen molar-refractivity contribution in [2.45, 2.75) is 39.0 Å². The maximum atomic E-state index is 11.7. The normalized spacial score (nSPS) is 42.2. The lowest BCUT2D eigenvalue weighted by Crippen LogP contribution is -2.39. The van der Waals surface area contributed by atoms with Gasteiger partial charge in [0.1, 0.15) is 5.78 Å². The van der Waals surface area contributed by atoms with Crippen molar-refractivity contribution in [3.63, 3.8) is 0 Å². The molecule has 0 bridgehead atoms. The molecule has 3 heteroatoms. The van der Waals surface area contributed by atoms with Gasteiger partial charge in [-0.2, -0.15) is 0 Å². The molecule has 14 heavy (non-hydrogen) atoms. The predicted molar refractivity (Wildman–Crippen MR) is 50.8 cm³/mol. The smallest absolute Gasteiger partial charge is 0.307 e. The molecule has 3 unspecified atom stereocenters. The van der Waals surface area contributed by atoms with Crippen LogP contribution < -0.4 is 0 Å². The van der Waals surface area contributed by atoms with Gasteiger partial charge in [-0.3, -0.25) is 9.59 Å². The lowest BCUT2D eigenvalue weighted by atomic mass is 9.65. The number of fused-ring (bicyclic) bond motifs is 1. The molecule has 0 aromatic carbocycles. The average Bonchev–Trinajstić information content (AvgIpc) is 2.43. The highest BCUT2D eigenvalue weighted by Gasteiger charge is 2.53. The van der Waals surface area contributed by atoms with Gasteiger partial charge in [-0.05, 0) is 31.1 Å². The molecule has 2 fully saturated rings. The lowest BCUT2D eigenvalue weighted by Gasteiger charge is -2.37. The molecule has 2 aliphatic carbocycles. The van der Waals surface area contributed by atoms with Crippen LogP contribution in [0.25, 0.3) is 0 Å². The first-order valence-electron chi connectivity index (χ1n) is 5.31. The number of Topliss-reactive ketones (excluding diaryl/α,β-unsaturated/α-hetero) is 1. The molecule has 3 nitrogen and oxygen atoms in total. The van der Waals surface area contributed by atoms with Crippen LogP contribution in [0.3, 0.4) is 0 Å². The summed E-state index contributed by atoms with van der Waals surface area (Å²) in [6, 6.07) is 0. The summed E-state index contributed by atoms with van der Waals surface area (Å²) in [6.45, 7) is 1.99. The molecule has 0 amide bonds. The number of aliphatic carboxylic acids is 1. The largest absolute Gasteiger partial charge is 0.481 e. The van der Waals surface area contributed by atoms with Gasteiger partial charge in [-0.1, -0.05) is 6.92 Å². The molecule has 0 aliphatic heterocycles. The monoisotopic (exact) mass is 196 g/mol. The molecule has 1 N–H and O–H groups in total. The fourth-order valence-corrected chi connectivity index (χ4v) is 3.34. The first-order valence-corrected chi connectivity index (χ1v) is 5.31. The minimum absolute atomic E-state index is 0.0253. The molecule has 78 valence electrons. The van der Waals surface area contributed by atoms with E-state index in [9.17, 15) is 9.59 Å². The Morgan fingerprint density at radius 2 is 2.21 bits per heavy atom. The van der Waals surface area contributed by atoms with Crippen LogP contribution >= 0.6 is 0 Å². The Morgan fingerprint density at radius 3 is 2.86 bits per heavy atom. The molecule has 3 atom stereocenters. The summed E-state index contributed by atoms with van der Waals surface area (Å²) < 4.78 is 0. The number of carbonyl (C=O) groups excluding carboxylic acids is 1. The molecule has 2 rings (SSSR count). The van der Waals surface area contributed by atoms with E-state index < -0.39 is 5.97 Å². The Balaban J connectivity index is 2.29. The Morgan fingerprint density at radius 1 is 1.50 bits per heavy atom. The molecule has 0 radical (unpaired) electrons. The van der Waals surface area contributed by atoms with E-state index in [1.54, 1.807) is 0 Å². The summed E-state index contributed by atoms with van der Waals surface area (Å²) >= 11 is 0. The van der Waals surface area contributed by atoms with Crippen LogP contribution in [0.2, 0.25) is 0 Å². The summed E-state index contributed by atoms with van der Waals surface area (Å²) in [7, 11) is 0. The van der Waals surface area contributed by atoms with Crippen molar-refractivity contribution in [3.8, 4) is 0 Å². The summed E-state index contributed by atoms with van der Waals surface area (Å²) in [5.41, 5.74) is -0.249. The van der Waals surface area contributed by atoms with E-state index in [2.05, 4.69) is 0 Å². The maximum absolute atomic E-state index is 11.7. The number of carboxylic acids is 1. The molecule has 0 spiro atoms. The third-order valence-electron chi connectivity index (χ3n) is 4.16. The second-order valence-corrected chi connectivity index (χ2v) is 4.85. The first-order chi connectivity index (χ1) is 6.55. The fourth-order valence-electron chi connectivity index (χ4n) is 3.34. The van der Waals surface area contributed by atoms with Gasteiger partial charge >= 0.3 is 5.97 Å². The van der Waals surface area contributed by atoms with Gasteiger partial charge in [-0.25, -0.2) is 0 Å². The van der Waals surface area contributed by atoms with Crippen LogP contribution in [-0.4, -0.2) is 16.9 Å². The SMILES string of the molecule is CC12CCCC(=O)C1CCC2C(=O)O. The summed E-state index contributed by atoms with van der Waals surface area (Å²) in [5.74, 6) is -0.693. The third-order valence-corrected chi connectivity index (χ3v) is 4.16. The van der Waals surface area contributed by atoms with Crippen LogP contribution in [0.15, 0.2) is 0 Å². The highest BCUT2D eigenvalue weighted by atomic mass is 16.4.